The summed E-state index contributed by atoms with van der Waals surface area (Å²) in [5.41, 5.74) is 0.524. The molecule has 18 heavy (non-hydrogen) atoms. The van der Waals surface area contributed by atoms with Crippen LogP contribution in [-0.4, -0.2) is 4.98 Å². The third-order valence-corrected chi connectivity index (χ3v) is 3.16. The van der Waals surface area contributed by atoms with E-state index in [4.69, 9.17) is 39.5 Å². The van der Waals surface area contributed by atoms with Gasteiger partial charge in [0.05, 0.1) is 5.02 Å². The second-order valence-corrected chi connectivity index (χ2v) is 4.73. The number of aromatic nitrogens is 1. The predicted octanol–water partition coefficient (Wildman–Crippen LogP) is 5.28. The molecule has 94 valence electrons. The largest absolute Gasteiger partial charge is 0.437 e. The van der Waals surface area contributed by atoms with Gasteiger partial charge in [-0.1, -0.05) is 40.9 Å². The Labute approximate surface area is 118 Å². The molecule has 0 amide bonds. The number of hydrogen-bond donors (Lipinski definition) is 0. The summed E-state index contributed by atoms with van der Waals surface area (Å²) in [5, 5.41) is 0.498. The molecular weight excluding hydrogens is 299 g/mol. The van der Waals surface area contributed by atoms with Crippen LogP contribution in [0.1, 0.15) is 5.56 Å². The predicted molar refractivity (Wildman–Crippen MR) is 70.5 cm³/mol. The standard InChI is InChI=1S/C12H7Cl3FNO/c1-6-2-3-7(4-10(6)16)18-12-9(14)5-8(13)11(15)17-12/h2-5H,1H3. The van der Waals surface area contributed by atoms with Gasteiger partial charge in [-0.25, -0.2) is 4.39 Å². The molecule has 0 aliphatic heterocycles. The van der Waals surface area contributed by atoms with E-state index in [2.05, 4.69) is 4.98 Å². The molecule has 1 aromatic carbocycles. The highest BCUT2D eigenvalue weighted by atomic mass is 35.5. The van der Waals surface area contributed by atoms with Crippen LogP contribution in [0.15, 0.2) is 24.3 Å². The highest BCUT2D eigenvalue weighted by molar-refractivity contribution is 6.42. The van der Waals surface area contributed by atoms with Crippen LogP contribution in [0.3, 0.4) is 0 Å². The summed E-state index contributed by atoms with van der Waals surface area (Å²) in [6.07, 6.45) is 0. The topological polar surface area (TPSA) is 22.1 Å². The minimum absolute atomic E-state index is 0.0728. The average molecular weight is 307 g/mol. The third-order valence-electron chi connectivity index (χ3n) is 2.21. The van der Waals surface area contributed by atoms with Crippen LogP contribution in [-0.2, 0) is 0 Å². The highest BCUT2D eigenvalue weighted by Crippen LogP contribution is 2.33. The lowest BCUT2D eigenvalue weighted by Crippen LogP contribution is -1.92. The van der Waals surface area contributed by atoms with E-state index >= 15 is 0 Å². The van der Waals surface area contributed by atoms with Crippen LogP contribution >= 0.6 is 34.8 Å². The second-order valence-electron chi connectivity index (χ2n) is 3.56. The Kier molecular flexibility index (Phi) is 3.95. The van der Waals surface area contributed by atoms with Crippen molar-refractivity contribution in [1.29, 1.82) is 0 Å². The molecule has 2 aromatic rings. The van der Waals surface area contributed by atoms with Crippen LogP contribution in [0.4, 0.5) is 4.39 Å². The molecule has 1 aromatic heterocycles. The summed E-state index contributed by atoms with van der Waals surface area (Å²) < 4.78 is 18.7. The molecule has 0 radical (unpaired) electrons. The first kappa shape index (κ1) is 13.4. The number of hydrogen-bond acceptors (Lipinski definition) is 2. The van der Waals surface area contributed by atoms with Crippen molar-refractivity contribution in [3.63, 3.8) is 0 Å². The van der Waals surface area contributed by atoms with Gasteiger partial charge in [0.2, 0.25) is 5.88 Å². The lowest BCUT2D eigenvalue weighted by molar-refractivity contribution is 0.458. The number of benzene rings is 1. The van der Waals surface area contributed by atoms with E-state index in [1.807, 2.05) is 0 Å². The van der Waals surface area contributed by atoms with E-state index in [0.717, 1.165) is 0 Å². The molecule has 2 rings (SSSR count). The minimum Gasteiger partial charge on any atom is -0.437 e. The molecule has 0 fully saturated rings. The fourth-order valence-electron chi connectivity index (χ4n) is 1.25. The molecular formula is C12H7Cl3FNO. The molecule has 0 spiro atoms. The van der Waals surface area contributed by atoms with Gasteiger partial charge in [-0.3, -0.25) is 0 Å². The van der Waals surface area contributed by atoms with Crippen LogP contribution in [0, 0.1) is 12.7 Å². The van der Waals surface area contributed by atoms with Gasteiger partial charge in [0.25, 0.3) is 0 Å². The molecule has 1 heterocycles. The first-order valence-corrected chi connectivity index (χ1v) is 6.06. The maximum Gasteiger partial charge on any atom is 0.239 e. The van der Waals surface area contributed by atoms with Gasteiger partial charge in [0.15, 0.2) is 5.15 Å². The smallest absolute Gasteiger partial charge is 0.239 e. The van der Waals surface area contributed by atoms with E-state index < -0.39 is 0 Å². The van der Waals surface area contributed by atoms with Crippen molar-refractivity contribution in [3.05, 3.63) is 50.8 Å². The number of pyridine rings is 1. The van der Waals surface area contributed by atoms with Gasteiger partial charge < -0.3 is 4.74 Å². The van der Waals surface area contributed by atoms with Gasteiger partial charge in [0.1, 0.15) is 16.6 Å². The summed E-state index contributed by atoms with van der Waals surface area (Å²) in [6.45, 7) is 1.66. The lowest BCUT2D eigenvalue weighted by atomic mass is 10.2. The van der Waals surface area contributed by atoms with E-state index in [-0.39, 0.29) is 32.6 Å². The zero-order valence-electron chi connectivity index (χ0n) is 9.18. The summed E-state index contributed by atoms with van der Waals surface area (Å²) in [5.74, 6) is -0.0103. The van der Waals surface area contributed by atoms with Crippen molar-refractivity contribution in [2.24, 2.45) is 0 Å². The Morgan fingerprint density at radius 3 is 2.50 bits per heavy atom. The normalized spacial score (nSPS) is 10.5. The third kappa shape index (κ3) is 2.86. The van der Waals surface area contributed by atoms with Crippen molar-refractivity contribution in [2.45, 2.75) is 6.92 Å². The van der Waals surface area contributed by atoms with Gasteiger partial charge >= 0.3 is 0 Å². The fourth-order valence-corrected chi connectivity index (χ4v) is 1.78. The Balaban J connectivity index is 2.34. The number of nitrogens with zero attached hydrogens (tertiary/aromatic N) is 1. The lowest BCUT2D eigenvalue weighted by Gasteiger charge is -2.08. The Morgan fingerprint density at radius 2 is 1.83 bits per heavy atom. The Hall–Kier alpha value is -1.03. The van der Waals surface area contributed by atoms with E-state index in [0.29, 0.717) is 5.56 Å². The summed E-state index contributed by atoms with van der Waals surface area (Å²) in [6, 6.07) is 5.86. The highest BCUT2D eigenvalue weighted by Gasteiger charge is 2.10. The van der Waals surface area contributed by atoms with Crippen LogP contribution in [0.2, 0.25) is 15.2 Å². The average Bonchev–Trinajstić information content (AvgIpc) is 2.31. The summed E-state index contributed by atoms with van der Waals surface area (Å²) in [7, 11) is 0. The molecule has 0 saturated carbocycles. The fraction of sp³-hybridized carbons (Fsp3) is 0.0833. The molecule has 0 N–H and O–H groups in total. The van der Waals surface area contributed by atoms with Crippen molar-refractivity contribution in [3.8, 4) is 11.6 Å². The SMILES string of the molecule is Cc1ccc(Oc2nc(Cl)c(Cl)cc2Cl)cc1F. The van der Waals surface area contributed by atoms with Crippen LogP contribution < -0.4 is 4.74 Å². The molecule has 0 unspecified atom stereocenters. The van der Waals surface area contributed by atoms with Crippen molar-refractivity contribution >= 4 is 34.8 Å². The van der Waals surface area contributed by atoms with Gasteiger partial charge in [-0.05, 0) is 24.6 Å². The molecule has 0 atom stereocenters. The number of halogens is 4. The molecule has 2 nitrogen and oxygen atoms in total. The monoisotopic (exact) mass is 305 g/mol. The summed E-state index contributed by atoms with van der Waals surface area (Å²) >= 11 is 17.4. The molecule has 0 aliphatic rings. The second kappa shape index (κ2) is 5.31. The molecule has 0 aliphatic carbocycles. The number of ether oxygens (including phenoxy) is 1. The van der Waals surface area contributed by atoms with Gasteiger partial charge in [0, 0.05) is 6.07 Å². The van der Waals surface area contributed by atoms with E-state index in [1.54, 1.807) is 19.1 Å². The van der Waals surface area contributed by atoms with Crippen molar-refractivity contribution < 1.29 is 9.13 Å². The quantitative estimate of drug-likeness (QED) is 0.704. The molecule has 0 bridgehead atoms. The number of aryl methyl sites for hydroxylation is 1. The van der Waals surface area contributed by atoms with Crippen molar-refractivity contribution in [2.75, 3.05) is 0 Å². The first-order chi connectivity index (χ1) is 8.47. The van der Waals surface area contributed by atoms with Crippen LogP contribution in [0.5, 0.6) is 11.6 Å². The summed E-state index contributed by atoms with van der Waals surface area (Å²) in [4.78, 5) is 3.88. The first-order valence-electron chi connectivity index (χ1n) is 4.93. The zero-order chi connectivity index (χ0) is 13.3. The van der Waals surface area contributed by atoms with E-state index in [9.17, 15) is 4.39 Å². The maximum absolute atomic E-state index is 13.3. The zero-order valence-corrected chi connectivity index (χ0v) is 11.4. The van der Waals surface area contributed by atoms with E-state index in [1.165, 1.54) is 12.1 Å². The minimum atomic E-state index is -0.372. The van der Waals surface area contributed by atoms with Gasteiger partial charge in [-0.2, -0.15) is 4.98 Å². The maximum atomic E-state index is 13.3. The Bertz CT molecular complexity index is 604. The number of rotatable bonds is 2. The molecule has 6 heteroatoms. The Morgan fingerprint density at radius 1 is 1.11 bits per heavy atom. The van der Waals surface area contributed by atoms with Gasteiger partial charge in [-0.15, -0.1) is 0 Å². The van der Waals surface area contributed by atoms with Crippen LogP contribution in [0.25, 0.3) is 0 Å². The van der Waals surface area contributed by atoms with Crippen molar-refractivity contribution in [1.82, 2.24) is 4.98 Å². The molecule has 0 saturated heterocycles.